The van der Waals surface area contributed by atoms with E-state index in [0.29, 0.717) is 17.7 Å². The van der Waals surface area contributed by atoms with E-state index in [2.05, 4.69) is 20.1 Å². The van der Waals surface area contributed by atoms with Crippen molar-refractivity contribution in [1.29, 1.82) is 0 Å². The molecule has 148 valence electrons. The van der Waals surface area contributed by atoms with Crippen LogP contribution in [0.4, 0.5) is 0 Å². The molecule has 7 heteroatoms. The van der Waals surface area contributed by atoms with Gasteiger partial charge in [0.05, 0.1) is 18.4 Å². The first-order valence-electron chi connectivity index (χ1n) is 9.21. The van der Waals surface area contributed by atoms with E-state index < -0.39 is 0 Å². The van der Waals surface area contributed by atoms with Gasteiger partial charge in [0.15, 0.2) is 0 Å². The number of aryl methyl sites for hydroxylation is 1. The molecule has 0 saturated carbocycles. The van der Waals surface area contributed by atoms with Gasteiger partial charge in [0.2, 0.25) is 0 Å². The van der Waals surface area contributed by atoms with Gasteiger partial charge in [0.1, 0.15) is 0 Å². The smallest absolute Gasteiger partial charge is 0.338 e. The lowest BCUT2D eigenvalue weighted by atomic mass is 10.2. The fourth-order valence-electron chi connectivity index (χ4n) is 3.00. The highest BCUT2D eigenvalue weighted by atomic mass is 16.5. The zero-order valence-corrected chi connectivity index (χ0v) is 16.5. The van der Waals surface area contributed by atoms with Crippen molar-refractivity contribution in [3.05, 3.63) is 82.9 Å². The molecule has 1 N–H and O–H groups in total. The summed E-state index contributed by atoms with van der Waals surface area (Å²) in [6, 6.07) is 12.5. The number of aromatic nitrogens is 2. The van der Waals surface area contributed by atoms with Crippen LogP contribution in [-0.2, 0) is 4.74 Å². The quantitative estimate of drug-likeness (QED) is 0.397. The third-order valence-corrected chi connectivity index (χ3v) is 4.42. The number of amides is 1. The number of carbonyl (C=O) groups excluding carboxylic acids is 2. The second kappa shape index (κ2) is 8.97. The van der Waals surface area contributed by atoms with Crippen molar-refractivity contribution in [2.24, 2.45) is 5.10 Å². The highest BCUT2D eigenvalue weighted by Gasteiger charge is 2.11. The summed E-state index contributed by atoms with van der Waals surface area (Å²) in [5, 5.41) is 4.07. The minimum Gasteiger partial charge on any atom is -0.462 e. The van der Waals surface area contributed by atoms with Gasteiger partial charge in [-0.3, -0.25) is 9.78 Å². The van der Waals surface area contributed by atoms with Crippen molar-refractivity contribution >= 4 is 18.1 Å². The van der Waals surface area contributed by atoms with E-state index in [1.165, 1.54) is 0 Å². The second-order valence-electron chi connectivity index (χ2n) is 6.36. The minimum absolute atomic E-state index is 0.299. The van der Waals surface area contributed by atoms with E-state index in [1.54, 1.807) is 49.8 Å². The van der Waals surface area contributed by atoms with Crippen molar-refractivity contribution in [3.63, 3.8) is 0 Å². The van der Waals surface area contributed by atoms with Crippen molar-refractivity contribution in [3.8, 4) is 5.69 Å². The number of hydrogen-bond acceptors (Lipinski definition) is 5. The first-order valence-corrected chi connectivity index (χ1v) is 9.21. The van der Waals surface area contributed by atoms with Crippen LogP contribution in [0.2, 0.25) is 0 Å². The Bertz CT molecular complexity index is 1040. The van der Waals surface area contributed by atoms with Gasteiger partial charge < -0.3 is 9.30 Å². The Hall–Kier alpha value is -3.74. The van der Waals surface area contributed by atoms with E-state index in [9.17, 15) is 9.59 Å². The molecular weight excluding hydrogens is 368 g/mol. The van der Waals surface area contributed by atoms with E-state index in [-0.39, 0.29) is 11.9 Å². The number of nitrogens with one attached hydrogen (secondary N) is 1. The molecule has 0 atom stereocenters. The summed E-state index contributed by atoms with van der Waals surface area (Å²) < 4.78 is 7.08. The molecule has 2 heterocycles. The summed E-state index contributed by atoms with van der Waals surface area (Å²) in [4.78, 5) is 27.8. The van der Waals surface area contributed by atoms with Crippen molar-refractivity contribution < 1.29 is 14.3 Å². The molecule has 0 aliphatic carbocycles. The van der Waals surface area contributed by atoms with Crippen LogP contribution in [0, 0.1) is 13.8 Å². The fourth-order valence-corrected chi connectivity index (χ4v) is 3.00. The van der Waals surface area contributed by atoms with Gasteiger partial charge in [0.25, 0.3) is 5.91 Å². The van der Waals surface area contributed by atoms with Gasteiger partial charge in [-0.25, -0.2) is 10.2 Å². The van der Waals surface area contributed by atoms with Gasteiger partial charge in [0, 0.05) is 40.6 Å². The van der Waals surface area contributed by atoms with Crippen LogP contribution < -0.4 is 5.43 Å². The molecule has 0 fully saturated rings. The van der Waals surface area contributed by atoms with Gasteiger partial charge in [-0.05, 0) is 63.2 Å². The molecule has 0 aliphatic rings. The molecule has 0 bridgehead atoms. The Labute approximate surface area is 169 Å². The Morgan fingerprint density at radius 2 is 1.79 bits per heavy atom. The third-order valence-electron chi connectivity index (χ3n) is 4.42. The molecule has 0 radical (unpaired) electrons. The number of ether oxygens (including phenoxy) is 1. The van der Waals surface area contributed by atoms with Crippen molar-refractivity contribution in [2.45, 2.75) is 20.8 Å². The molecule has 7 nitrogen and oxygen atoms in total. The van der Waals surface area contributed by atoms with Crippen LogP contribution in [0.5, 0.6) is 0 Å². The van der Waals surface area contributed by atoms with E-state index in [1.807, 2.05) is 32.0 Å². The van der Waals surface area contributed by atoms with Crippen LogP contribution in [0.3, 0.4) is 0 Å². The predicted octanol–water partition coefficient (Wildman–Crippen LogP) is 3.43. The van der Waals surface area contributed by atoms with E-state index >= 15 is 0 Å². The Morgan fingerprint density at radius 3 is 2.45 bits per heavy atom. The standard InChI is InChI=1S/C22H22N4O3/c1-4-29-22(28)18-5-7-20(8-6-18)26-15(2)13-19(16(26)3)14-24-25-21(27)17-9-11-23-12-10-17/h5-14H,4H2,1-3H3,(H,25,27)/b24-14+. The molecule has 0 unspecified atom stereocenters. The first-order chi connectivity index (χ1) is 14.0. The van der Waals surface area contributed by atoms with Gasteiger partial charge in [-0.15, -0.1) is 0 Å². The molecule has 0 saturated heterocycles. The Balaban J connectivity index is 1.76. The average molecular weight is 390 g/mol. The Kier molecular flexibility index (Phi) is 6.19. The zero-order chi connectivity index (χ0) is 20.8. The molecular formula is C22H22N4O3. The average Bonchev–Trinajstić information content (AvgIpc) is 3.02. The third kappa shape index (κ3) is 4.57. The van der Waals surface area contributed by atoms with E-state index in [0.717, 1.165) is 22.6 Å². The largest absolute Gasteiger partial charge is 0.462 e. The molecule has 3 aromatic rings. The number of carbonyl (C=O) groups is 2. The topological polar surface area (TPSA) is 85.6 Å². The first kappa shape index (κ1) is 20.0. The summed E-state index contributed by atoms with van der Waals surface area (Å²) in [5.41, 5.74) is 7.30. The predicted molar refractivity (Wildman–Crippen MR) is 110 cm³/mol. The summed E-state index contributed by atoms with van der Waals surface area (Å²) in [6.45, 7) is 6.08. The second-order valence-corrected chi connectivity index (χ2v) is 6.36. The SMILES string of the molecule is CCOC(=O)c1ccc(-n2c(C)cc(/C=N/NC(=O)c3ccncc3)c2C)cc1. The Morgan fingerprint density at radius 1 is 1.10 bits per heavy atom. The van der Waals surface area contributed by atoms with Gasteiger partial charge >= 0.3 is 5.97 Å². The summed E-state index contributed by atoms with van der Waals surface area (Å²) in [5.74, 6) is -0.634. The maximum absolute atomic E-state index is 12.1. The van der Waals surface area contributed by atoms with Crippen LogP contribution in [0.15, 0.2) is 60.0 Å². The molecule has 2 aromatic heterocycles. The number of rotatable bonds is 6. The fraction of sp³-hybridized carbons (Fsp3) is 0.182. The lowest BCUT2D eigenvalue weighted by molar-refractivity contribution is 0.0526. The van der Waals surface area contributed by atoms with E-state index in [4.69, 9.17) is 4.74 Å². The molecule has 1 aromatic carbocycles. The molecule has 0 spiro atoms. The van der Waals surface area contributed by atoms with Crippen LogP contribution in [-0.4, -0.2) is 34.2 Å². The number of hydrogen-bond donors (Lipinski definition) is 1. The van der Waals surface area contributed by atoms with Gasteiger partial charge in [-0.2, -0.15) is 5.10 Å². The molecule has 0 aliphatic heterocycles. The highest BCUT2D eigenvalue weighted by molar-refractivity contribution is 5.94. The van der Waals surface area contributed by atoms with Crippen molar-refractivity contribution in [2.75, 3.05) is 6.61 Å². The maximum atomic E-state index is 12.1. The summed E-state index contributed by atoms with van der Waals surface area (Å²) in [7, 11) is 0. The maximum Gasteiger partial charge on any atom is 0.338 e. The normalized spacial score (nSPS) is 10.9. The van der Waals surface area contributed by atoms with Gasteiger partial charge in [-0.1, -0.05) is 0 Å². The number of benzene rings is 1. The van der Waals surface area contributed by atoms with Crippen LogP contribution in [0.1, 0.15) is 44.6 Å². The highest BCUT2D eigenvalue weighted by Crippen LogP contribution is 2.20. The summed E-state index contributed by atoms with van der Waals surface area (Å²) in [6.07, 6.45) is 4.73. The number of hydrazone groups is 1. The lowest BCUT2D eigenvalue weighted by Crippen LogP contribution is -2.17. The van der Waals surface area contributed by atoms with Crippen LogP contribution in [0.25, 0.3) is 5.69 Å². The number of nitrogens with zero attached hydrogens (tertiary/aromatic N) is 3. The van der Waals surface area contributed by atoms with Crippen LogP contribution >= 0.6 is 0 Å². The minimum atomic E-state index is -0.335. The zero-order valence-electron chi connectivity index (χ0n) is 16.5. The summed E-state index contributed by atoms with van der Waals surface area (Å²) >= 11 is 0. The van der Waals surface area contributed by atoms with Crippen molar-refractivity contribution in [1.82, 2.24) is 15.0 Å². The molecule has 29 heavy (non-hydrogen) atoms. The molecule has 1 amide bonds. The number of pyridine rings is 1. The number of esters is 1. The lowest BCUT2D eigenvalue weighted by Gasteiger charge is -2.10. The monoisotopic (exact) mass is 390 g/mol. The molecule has 3 rings (SSSR count).